The highest BCUT2D eigenvalue weighted by Gasteiger charge is 2.12. The van der Waals surface area contributed by atoms with Gasteiger partial charge in [0.15, 0.2) is 0 Å². The standard InChI is InChI=1S/C21H32O7/c1-25-14-7-4-8-21(24)28-18-10-11-19(27-15-6-3-5-13-22)17(16-18)9-12-20(23)26-2/h10-11,16,22H,3-9,12-15H2,1-2H3. The van der Waals surface area contributed by atoms with Crippen molar-refractivity contribution in [2.75, 3.05) is 34.0 Å². The number of aliphatic hydroxyl groups is 1. The lowest BCUT2D eigenvalue weighted by atomic mass is 10.1. The Hall–Kier alpha value is -2.12. The molecular formula is C21H32O7. The fourth-order valence-electron chi connectivity index (χ4n) is 2.57. The van der Waals surface area contributed by atoms with E-state index < -0.39 is 0 Å². The zero-order valence-corrected chi connectivity index (χ0v) is 16.9. The van der Waals surface area contributed by atoms with E-state index in [0.717, 1.165) is 31.2 Å². The zero-order chi connectivity index (χ0) is 20.6. The predicted octanol–water partition coefficient (Wildman–Crippen LogP) is 3.06. The number of rotatable bonds is 15. The van der Waals surface area contributed by atoms with E-state index >= 15 is 0 Å². The number of carbonyl (C=O) groups is 2. The Morgan fingerprint density at radius 2 is 1.71 bits per heavy atom. The van der Waals surface area contributed by atoms with Crippen LogP contribution in [0.3, 0.4) is 0 Å². The maximum atomic E-state index is 12.0. The average Bonchev–Trinajstić information content (AvgIpc) is 2.70. The third kappa shape index (κ3) is 10.3. The molecule has 7 heteroatoms. The summed E-state index contributed by atoms with van der Waals surface area (Å²) in [6, 6.07) is 5.18. The molecule has 0 spiro atoms. The number of aliphatic hydroxyl groups excluding tert-OH is 1. The van der Waals surface area contributed by atoms with E-state index in [1.54, 1.807) is 25.3 Å². The molecule has 1 aromatic rings. The van der Waals surface area contributed by atoms with Gasteiger partial charge in [0.1, 0.15) is 11.5 Å². The van der Waals surface area contributed by atoms with Gasteiger partial charge in [-0.1, -0.05) is 0 Å². The van der Waals surface area contributed by atoms with Crippen LogP contribution in [0.5, 0.6) is 11.5 Å². The second-order valence-corrected chi connectivity index (χ2v) is 6.40. The Morgan fingerprint density at radius 3 is 2.43 bits per heavy atom. The van der Waals surface area contributed by atoms with Gasteiger partial charge in [0.25, 0.3) is 0 Å². The van der Waals surface area contributed by atoms with Crippen LogP contribution in [0.1, 0.15) is 50.5 Å². The molecule has 1 N–H and O–H groups in total. The Bertz CT molecular complexity index is 586. The van der Waals surface area contributed by atoms with Crippen LogP contribution in [0.4, 0.5) is 0 Å². The first-order valence-electron chi connectivity index (χ1n) is 9.73. The SMILES string of the molecule is COCCCCC(=O)Oc1ccc(OCCCCCO)c(CCC(=O)OC)c1. The third-order valence-electron chi connectivity index (χ3n) is 4.13. The van der Waals surface area contributed by atoms with Gasteiger partial charge in [0.05, 0.1) is 13.7 Å². The van der Waals surface area contributed by atoms with Crippen molar-refractivity contribution < 1.29 is 33.6 Å². The molecular weight excluding hydrogens is 364 g/mol. The van der Waals surface area contributed by atoms with Crippen molar-refractivity contribution in [3.8, 4) is 11.5 Å². The molecule has 0 aliphatic rings. The predicted molar refractivity (Wildman–Crippen MR) is 105 cm³/mol. The molecule has 0 atom stereocenters. The molecule has 0 saturated carbocycles. The van der Waals surface area contributed by atoms with Gasteiger partial charge in [0.2, 0.25) is 0 Å². The summed E-state index contributed by atoms with van der Waals surface area (Å²) < 4.78 is 20.9. The van der Waals surface area contributed by atoms with Crippen molar-refractivity contribution in [3.63, 3.8) is 0 Å². The monoisotopic (exact) mass is 396 g/mol. The largest absolute Gasteiger partial charge is 0.493 e. The Labute approximate surface area is 166 Å². The quantitative estimate of drug-likeness (QED) is 0.277. The first-order valence-corrected chi connectivity index (χ1v) is 9.73. The summed E-state index contributed by atoms with van der Waals surface area (Å²) in [6.45, 7) is 1.31. The van der Waals surface area contributed by atoms with Crippen LogP contribution in [0.25, 0.3) is 0 Å². The summed E-state index contributed by atoms with van der Waals surface area (Å²) >= 11 is 0. The van der Waals surface area contributed by atoms with Crippen LogP contribution in [0.15, 0.2) is 18.2 Å². The van der Waals surface area contributed by atoms with Gasteiger partial charge in [-0.2, -0.15) is 0 Å². The number of methoxy groups -OCH3 is 2. The topological polar surface area (TPSA) is 91.3 Å². The van der Waals surface area contributed by atoms with Crippen molar-refractivity contribution in [1.29, 1.82) is 0 Å². The molecule has 7 nitrogen and oxygen atoms in total. The highest BCUT2D eigenvalue weighted by Crippen LogP contribution is 2.26. The van der Waals surface area contributed by atoms with Crippen molar-refractivity contribution >= 4 is 11.9 Å². The first kappa shape index (κ1) is 23.9. The molecule has 0 fully saturated rings. The number of esters is 2. The molecule has 0 aliphatic carbocycles. The minimum atomic E-state index is -0.311. The van der Waals surface area contributed by atoms with E-state index in [1.807, 2.05) is 0 Å². The summed E-state index contributed by atoms with van der Waals surface area (Å²) in [7, 11) is 2.98. The molecule has 0 aliphatic heterocycles. The summed E-state index contributed by atoms with van der Waals surface area (Å²) in [6.07, 6.45) is 4.93. The van der Waals surface area contributed by atoms with Gasteiger partial charge in [-0.3, -0.25) is 9.59 Å². The van der Waals surface area contributed by atoms with Crippen LogP contribution in [-0.2, 0) is 25.5 Å². The van der Waals surface area contributed by atoms with Gasteiger partial charge in [-0.15, -0.1) is 0 Å². The van der Waals surface area contributed by atoms with Crippen LogP contribution < -0.4 is 9.47 Å². The maximum absolute atomic E-state index is 12.0. The van der Waals surface area contributed by atoms with E-state index in [4.69, 9.17) is 24.1 Å². The van der Waals surface area contributed by atoms with Crippen molar-refractivity contribution in [1.82, 2.24) is 0 Å². The van der Waals surface area contributed by atoms with E-state index in [1.165, 1.54) is 7.11 Å². The number of carbonyl (C=O) groups excluding carboxylic acids is 2. The lowest BCUT2D eigenvalue weighted by molar-refractivity contribution is -0.140. The van der Waals surface area contributed by atoms with Crippen molar-refractivity contribution in [2.24, 2.45) is 0 Å². The Morgan fingerprint density at radius 1 is 0.929 bits per heavy atom. The van der Waals surface area contributed by atoms with Gasteiger partial charge < -0.3 is 24.1 Å². The summed E-state index contributed by atoms with van der Waals surface area (Å²) in [4.78, 5) is 23.4. The van der Waals surface area contributed by atoms with Gasteiger partial charge >= 0.3 is 11.9 Å². The minimum Gasteiger partial charge on any atom is -0.493 e. The third-order valence-corrected chi connectivity index (χ3v) is 4.13. The fraction of sp³-hybridized carbons (Fsp3) is 0.619. The van der Waals surface area contributed by atoms with Gasteiger partial charge in [0, 0.05) is 33.2 Å². The number of unbranched alkanes of at least 4 members (excludes halogenated alkanes) is 3. The Balaban J connectivity index is 2.67. The second-order valence-electron chi connectivity index (χ2n) is 6.40. The summed E-state index contributed by atoms with van der Waals surface area (Å²) in [5.74, 6) is 0.485. The molecule has 0 aromatic heterocycles. The number of benzene rings is 1. The molecule has 158 valence electrons. The molecule has 1 rings (SSSR count). The minimum absolute atomic E-state index is 0.177. The van der Waals surface area contributed by atoms with Gasteiger partial charge in [-0.05, 0) is 62.3 Å². The van der Waals surface area contributed by atoms with Crippen molar-refractivity contribution in [3.05, 3.63) is 23.8 Å². The highest BCUT2D eigenvalue weighted by atomic mass is 16.5. The molecule has 0 unspecified atom stereocenters. The number of hydrogen-bond acceptors (Lipinski definition) is 7. The van der Waals surface area contributed by atoms with Crippen LogP contribution in [0, 0.1) is 0 Å². The van der Waals surface area contributed by atoms with E-state index in [-0.39, 0.29) is 25.0 Å². The van der Waals surface area contributed by atoms with Crippen molar-refractivity contribution in [2.45, 2.75) is 51.4 Å². The van der Waals surface area contributed by atoms with Crippen LogP contribution in [0.2, 0.25) is 0 Å². The molecule has 0 amide bonds. The summed E-state index contributed by atoms with van der Waals surface area (Å²) in [5.41, 5.74) is 0.789. The smallest absolute Gasteiger partial charge is 0.311 e. The molecule has 28 heavy (non-hydrogen) atoms. The Kier molecular flexibility index (Phi) is 12.7. The molecule has 0 radical (unpaired) electrons. The fourth-order valence-corrected chi connectivity index (χ4v) is 2.57. The highest BCUT2D eigenvalue weighted by molar-refractivity contribution is 5.72. The second kappa shape index (κ2) is 14.9. The lowest BCUT2D eigenvalue weighted by Gasteiger charge is -2.13. The molecule has 1 aromatic carbocycles. The molecule has 0 bridgehead atoms. The normalized spacial score (nSPS) is 10.5. The average molecular weight is 396 g/mol. The first-order chi connectivity index (χ1) is 13.6. The number of aryl methyl sites for hydroxylation is 1. The summed E-state index contributed by atoms with van der Waals surface area (Å²) in [5, 5.41) is 8.82. The maximum Gasteiger partial charge on any atom is 0.311 e. The number of ether oxygens (including phenoxy) is 4. The molecule has 0 saturated heterocycles. The number of hydrogen-bond donors (Lipinski definition) is 1. The van der Waals surface area contributed by atoms with E-state index in [2.05, 4.69) is 0 Å². The van der Waals surface area contributed by atoms with Crippen LogP contribution in [-0.4, -0.2) is 51.1 Å². The molecule has 0 heterocycles. The van der Waals surface area contributed by atoms with E-state index in [0.29, 0.717) is 44.0 Å². The van der Waals surface area contributed by atoms with Gasteiger partial charge in [-0.25, -0.2) is 0 Å². The zero-order valence-electron chi connectivity index (χ0n) is 16.9. The lowest BCUT2D eigenvalue weighted by Crippen LogP contribution is -2.09. The van der Waals surface area contributed by atoms with Crippen LogP contribution >= 0.6 is 0 Å². The van der Waals surface area contributed by atoms with E-state index in [9.17, 15) is 9.59 Å².